The Labute approximate surface area is 155 Å². The van der Waals surface area contributed by atoms with Crippen molar-refractivity contribution in [2.75, 3.05) is 0 Å². The van der Waals surface area contributed by atoms with Gasteiger partial charge < -0.3 is 5.32 Å². The number of hydrogen-bond donors (Lipinski definition) is 2. The lowest BCUT2D eigenvalue weighted by molar-refractivity contribution is -0.123. The fourth-order valence-corrected chi connectivity index (χ4v) is 4.73. The summed E-state index contributed by atoms with van der Waals surface area (Å²) in [6, 6.07) is 11.4. The van der Waals surface area contributed by atoms with Crippen molar-refractivity contribution in [2.24, 2.45) is 0 Å². The molecule has 2 aromatic carbocycles. The average molecular weight is 375 g/mol. The summed E-state index contributed by atoms with van der Waals surface area (Å²) in [7, 11) is -3.88. The number of benzene rings is 2. The van der Waals surface area contributed by atoms with Gasteiger partial charge in [-0.25, -0.2) is 8.42 Å². The SMILES string of the molecule is Cc1cc(C)c(S(=O)(=O)N[C@H](C(=O)NC(C)C)c2ccccc2)c(C)c1. The van der Waals surface area contributed by atoms with E-state index in [-0.39, 0.29) is 16.8 Å². The summed E-state index contributed by atoms with van der Waals surface area (Å²) in [6.45, 7) is 9.12. The van der Waals surface area contributed by atoms with Gasteiger partial charge in [0, 0.05) is 6.04 Å². The molecule has 2 N–H and O–H groups in total. The van der Waals surface area contributed by atoms with Crippen molar-refractivity contribution in [2.45, 2.75) is 51.6 Å². The Morgan fingerprint density at radius 2 is 1.50 bits per heavy atom. The van der Waals surface area contributed by atoms with Crippen LogP contribution in [-0.4, -0.2) is 20.4 Å². The molecule has 0 aromatic heterocycles. The minimum absolute atomic E-state index is 0.0962. The molecule has 0 saturated carbocycles. The second-order valence-corrected chi connectivity index (χ2v) is 8.51. The van der Waals surface area contributed by atoms with Gasteiger partial charge in [-0.3, -0.25) is 4.79 Å². The van der Waals surface area contributed by atoms with E-state index in [0.717, 1.165) is 5.56 Å². The van der Waals surface area contributed by atoms with Crippen molar-refractivity contribution in [1.82, 2.24) is 10.0 Å². The number of hydrogen-bond acceptors (Lipinski definition) is 3. The molecule has 0 heterocycles. The third-order valence-electron chi connectivity index (χ3n) is 3.97. The smallest absolute Gasteiger partial charge is 0.242 e. The molecular formula is C20H26N2O3S. The third-order valence-corrected chi connectivity index (χ3v) is 5.70. The van der Waals surface area contributed by atoms with Crippen molar-refractivity contribution >= 4 is 15.9 Å². The van der Waals surface area contributed by atoms with Crippen LogP contribution in [-0.2, 0) is 14.8 Å². The lowest BCUT2D eigenvalue weighted by Gasteiger charge is -2.21. The van der Waals surface area contributed by atoms with Crippen molar-refractivity contribution in [3.8, 4) is 0 Å². The summed E-state index contributed by atoms with van der Waals surface area (Å²) >= 11 is 0. The number of aryl methyl sites for hydroxylation is 3. The predicted molar refractivity (Wildman–Crippen MR) is 103 cm³/mol. The van der Waals surface area contributed by atoms with Gasteiger partial charge in [0.15, 0.2) is 0 Å². The highest BCUT2D eigenvalue weighted by Gasteiger charge is 2.29. The van der Waals surface area contributed by atoms with E-state index >= 15 is 0 Å². The summed E-state index contributed by atoms with van der Waals surface area (Å²) < 4.78 is 28.7. The van der Waals surface area contributed by atoms with Crippen LogP contribution in [0.15, 0.2) is 47.4 Å². The molecule has 0 spiro atoms. The first-order valence-electron chi connectivity index (χ1n) is 8.57. The van der Waals surface area contributed by atoms with E-state index in [9.17, 15) is 13.2 Å². The molecule has 1 amide bonds. The Morgan fingerprint density at radius 3 is 2.00 bits per heavy atom. The maximum absolute atomic E-state index is 13.1. The lowest BCUT2D eigenvalue weighted by atomic mass is 10.1. The van der Waals surface area contributed by atoms with E-state index < -0.39 is 16.1 Å². The van der Waals surface area contributed by atoms with Gasteiger partial charge in [0.25, 0.3) is 0 Å². The quantitative estimate of drug-likeness (QED) is 0.815. The van der Waals surface area contributed by atoms with Crippen LogP contribution in [0.1, 0.15) is 42.1 Å². The van der Waals surface area contributed by atoms with Gasteiger partial charge in [0.2, 0.25) is 15.9 Å². The molecule has 5 nitrogen and oxygen atoms in total. The van der Waals surface area contributed by atoms with Crippen LogP contribution in [0.3, 0.4) is 0 Å². The first kappa shape index (κ1) is 20.1. The zero-order valence-corrected chi connectivity index (χ0v) is 16.6. The first-order chi connectivity index (χ1) is 12.1. The van der Waals surface area contributed by atoms with Gasteiger partial charge in [-0.1, -0.05) is 48.0 Å². The van der Waals surface area contributed by atoms with Crippen molar-refractivity contribution in [3.05, 3.63) is 64.7 Å². The second-order valence-electron chi connectivity index (χ2n) is 6.86. The van der Waals surface area contributed by atoms with Gasteiger partial charge in [0.1, 0.15) is 6.04 Å². The van der Waals surface area contributed by atoms with Gasteiger partial charge in [-0.05, 0) is 51.3 Å². The van der Waals surface area contributed by atoms with Crippen molar-refractivity contribution in [1.29, 1.82) is 0 Å². The minimum Gasteiger partial charge on any atom is -0.352 e. The standard InChI is InChI=1S/C20H26N2O3S/c1-13(2)21-20(23)18(17-9-7-6-8-10-17)22-26(24,25)19-15(4)11-14(3)12-16(19)5/h6-13,18,22H,1-5H3,(H,21,23)/t18-/m0/s1. The van der Waals surface area contributed by atoms with Crippen LogP contribution < -0.4 is 10.0 Å². The average Bonchev–Trinajstić information content (AvgIpc) is 2.51. The molecule has 6 heteroatoms. The summed E-state index contributed by atoms with van der Waals surface area (Å²) in [6.07, 6.45) is 0. The fraction of sp³-hybridized carbons (Fsp3) is 0.350. The van der Waals surface area contributed by atoms with E-state index in [0.29, 0.717) is 16.7 Å². The van der Waals surface area contributed by atoms with Crippen LogP contribution >= 0.6 is 0 Å². The molecule has 0 unspecified atom stereocenters. The van der Waals surface area contributed by atoms with Crippen molar-refractivity contribution < 1.29 is 13.2 Å². The molecular weight excluding hydrogens is 348 g/mol. The van der Waals surface area contributed by atoms with E-state index in [1.165, 1.54) is 0 Å². The predicted octanol–water partition coefficient (Wildman–Crippen LogP) is 3.16. The van der Waals surface area contributed by atoms with Crippen LogP contribution in [0, 0.1) is 20.8 Å². The van der Waals surface area contributed by atoms with E-state index in [1.54, 1.807) is 38.1 Å². The normalized spacial score (nSPS) is 12.8. The second kappa shape index (κ2) is 8.01. The van der Waals surface area contributed by atoms with Crippen LogP contribution in [0.5, 0.6) is 0 Å². The Kier molecular flexibility index (Phi) is 6.21. The van der Waals surface area contributed by atoms with Gasteiger partial charge >= 0.3 is 0 Å². The maximum Gasteiger partial charge on any atom is 0.242 e. The summed E-state index contributed by atoms with van der Waals surface area (Å²) in [5.41, 5.74) is 2.91. The van der Waals surface area contributed by atoms with Crippen LogP contribution in [0.2, 0.25) is 0 Å². The summed E-state index contributed by atoms with van der Waals surface area (Å²) in [5, 5.41) is 2.79. The molecule has 0 aliphatic carbocycles. The molecule has 0 fully saturated rings. The lowest BCUT2D eigenvalue weighted by Crippen LogP contribution is -2.43. The number of nitrogens with one attached hydrogen (secondary N) is 2. The van der Waals surface area contributed by atoms with Gasteiger partial charge in [-0.2, -0.15) is 4.72 Å². The number of amides is 1. The highest BCUT2D eigenvalue weighted by molar-refractivity contribution is 7.89. The molecule has 0 saturated heterocycles. The summed E-state index contributed by atoms with van der Waals surface area (Å²) in [5.74, 6) is -0.378. The van der Waals surface area contributed by atoms with Crippen molar-refractivity contribution in [3.63, 3.8) is 0 Å². The highest BCUT2D eigenvalue weighted by atomic mass is 32.2. The zero-order valence-electron chi connectivity index (χ0n) is 15.8. The first-order valence-corrected chi connectivity index (χ1v) is 10.1. The van der Waals surface area contributed by atoms with Gasteiger partial charge in [0.05, 0.1) is 4.90 Å². The van der Waals surface area contributed by atoms with Gasteiger partial charge in [-0.15, -0.1) is 0 Å². The summed E-state index contributed by atoms with van der Waals surface area (Å²) in [4.78, 5) is 12.9. The Bertz CT molecular complexity index is 868. The molecule has 0 aliphatic heterocycles. The Balaban J connectivity index is 2.46. The van der Waals surface area contributed by atoms with E-state index in [1.807, 2.05) is 39.0 Å². The maximum atomic E-state index is 13.1. The van der Waals surface area contributed by atoms with Crippen LogP contribution in [0.4, 0.5) is 0 Å². The molecule has 0 aliphatic rings. The molecule has 2 rings (SSSR count). The molecule has 0 radical (unpaired) electrons. The number of rotatable bonds is 6. The molecule has 0 bridgehead atoms. The minimum atomic E-state index is -3.88. The topological polar surface area (TPSA) is 75.3 Å². The monoisotopic (exact) mass is 374 g/mol. The largest absolute Gasteiger partial charge is 0.352 e. The number of carbonyl (C=O) groups excluding carboxylic acids is 1. The zero-order chi connectivity index (χ0) is 19.5. The molecule has 2 aromatic rings. The third kappa shape index (κ3) is 4.71. The fourth-order valence-electron chi connectivity index (χ4n) is 3.09. The number of carbonyl (C=O) groups is 1. The Morgan fingerprint density at radius 1 is 0.962 bits per heavy atom. The highest BCUT2D eigenvalue weighted by Crippen LogP contribution is 2.24. The van der Waals surface area contributed by atoms with E-state index in [2.05, 4.69) is 10.0 Å². The molecule has 1 atom stereocenters. The van der Waals surface area contributed by atoms with E-state index in [4.69, 9.17) is 0 Å². The molecule has 140 valence electrons. The number of sulfonamides is 1. The van der Waals surface area contributed by atoms with Crippen LogP contribution in [0.25, 0.3) is 0 Å². The molecule has 26 heavy (non-hydrogen) atoms. The Hall–Kier alpha value is -2.18.